The van der Waals surface area contributed by atoms with Crippen LogP contribution in [0.2, 0.25) is 0 Å². The van der Waals surface area contributed by atoms with Crippen molar-refractivity contribution >= 4 is 18.3 Å². The Morgan fingerprint density at radius 3 is 2.82 bits per heavy atom. The lowest BCUT2D eigenvalue weighted by atomic mass is 10.1. The first-order valence-electron chi connectivity index (χ1n) is 7.78. The Morgan fingerprint density at radius 2 is 2.14 bits per heavy atom. The highest BCUT2D eigenvalue weighted by Gasteiger charge is 2.22. The van der Waals surface area contributed by atoms with Gasteiger partial charge in [-0.2, -0.15) is 0 Å². The van der Waals surface area contributed by atoms with E-state index in [2.05, 4.69) is 38.2 Å². The van der Waals surface area contributed by atoms with Crippen molar-refractivity contribution in [1.29, 1.82) is 0 Å². The lowest BCUT2D eigenvalue weighted by molar-refractivity contribution is -0.134. The van der Waals surface area contributed by atoms with E-state index in [0.29, 0.717) is 19.1 Å². The fourth-order valence-electron chi connectivity index (χ4n) is 2.57. The van der Waals surface area contributed by atoms with Crippen LogP contribution < -0.4 is 10.1 Å². The molecule has 1 amide bonds. The van der Waals surface area contributed by atoms with Crippen LogP contribution in [0.4, 0.5) is 0 Å². The fraction of sp³-hybridized carbons (Fsp3) is 0.588. The van der Waals surface area contributed by atoms with Crippen molar-refractivity contribution in [1.82, 2.24) is 10.2 Å². The quantitative estimate of drug-likeness (QED) is 0.846. The molecule has 1 fully saturated rings. The standard InChI is InChI=1S/C17H26N2O2.ClH/c1-13-6-7-16(11-14(13)2)21-10-4-5-17(20)19-9-8-18-12-15(19)3;/h6-7,11,15,18H,4-5,8-10,12H2,1-3H3;1H. The zero-order valence-corrected chi connectivity index (χ0v) is 14.5. The number of amides is 1. The number of nitrogens with zero attached hydrogens (tertiary/aromatic N) is 1. The Kier molecular flexibility index (Phi) is 7.69. The lowest BCUT2D eigenvalue weighted by Crippen LogP contribution is -2.52. The Morgan fingerprint density at radius 1 is 1.36 bits per heavy atom. The number of benzene rings is 1. The Hall–Kier alpha value is -1.26. The van der Waals surface area contributed by atoms with Crippen molar-refractivity contribution in [2.24, 2.45) is 0 Å². The number of hydrogen-bond acceptors (Lipinski definition) is 3. The maximum atomic E-state index is 12.2. The third-order valence-corrected chi connectivity index (χ3v) is 4.10. The van der Waals surface area contributed by atoms with Crippen molar-refractivity contribution in [3.05, 3.63) is 29.3 Å². The molecule has 0 radical (unpaired) electrons. The van der Waals surface area contributed by atoms with Crippen LogP contribution in [0.1, 0.15) is 30.9 Å². The van der Waals surface area contributed by atoms with Gasteiger partial charge in [0.15, 0.2) is 0 Å². The molecule has 1 aromatic carbocycles. The molecule has 1 aliphatic heterocycles. The van der Waals surface area contributed by atoms with Crippen molar-refractivity contribution in [2.45, 2.75) is 39.7 Å². The summed E-state index contributed by atoms with van der Waals surface area (Å²) in [5.74, 6) is 1.13. The van der Waals surface area contributed by atoms with Gasteiger partial charge in [0.25, 0.3) is 0 Å². The first-order valence-corrected chi connectivity index (χ1v) is 7.78. The molecule has 124 valence electrons. The smallest absolute Gasteiger partial charge is 0.223 e. The number of hydrogen-bond donors (Lipinski definition) is 1. The largest absolute Gasteiger partial charge is 0.494 e. The van der Waals surface area contributed by atoms with E-state index in [1.807, 2.05) is 11.0 Å². The van der Waals surface area contributed by atoms with E-state index < -0.39 is 0 Å². The molecule has 1 aliphatic rings. The molecule has 1 aromatic rings. The van der Waals surface area contributed by atoms with Crippen LogP contribution in [-0.4, -0.2) is 43.1 Å². The Balaban J connectivity index is 0.00000242. The molecule has 5 heteroatoms. The summed E-state index contributed by atoms with van der Waals surface area (Å²) in [6.07, 6.45) is 1.33. The van der Waals surface area contributed by atoms with Crippen LogP contribution in [0.25, 0.3) is 0 Å². The third-order valence-electron chi connectivity index (χ3n) is 4.10. The molecule has 1 saturated heterocycles. The molecule has 1 N–H and O–H groups in total. The molecular formula is C17H27ClN2O2. The van der Waals surface area contributed by atoms with Crippen molar-refractivity contribution in [3.8, 4) is 5.75 Å². The highest BCUT2D eigenvalue weighted by atomic mass is 35.5. The van der Waals surface area contributed by atoms with Gasteiger partial charge >= 0.3 is 0 Å². The number of nitrogens with one attached hydrogen (secondary N) is 1. The van der Waals surface area contributed by atoms with Gasteiger partial charge in [0.2, 0.25) is 5.91 Å². The summed E-state index contributed by atoms with van der Waals surface area (Å²) < 4.78 is 5.72. The third kappa shape index (κ3) is 5.18. The second-order valence-corrected chi connectivity index (χ2v) is 5.84. The predicted molar refractivity (Wildman–Crippen MR) is 91.9 cm³/mol. The van der Waals surface area contributed by atoms with Crippen molar-refractivity contribution < 1.29 is 9.53 Å². The van der Waals surface area contributed by atoms with Gasteiger partial charge in [-0.1, -0.05) is 6.07 Å². The molecule has 0 bridgehead atoms. The minimum atomic E-state index is 0. The van der Waals surface area contributed by atoms with Crippen molar-refractivity contribution in [3.63, 3.8) is 0 Å². The van der Waals surface area contributed by atoms with Crippen LogP contribution >= 0.6 is 12.4 Å². The van der Waals surface area contributed by atoms with Gasteiger partial charge in [0.1, 0.15) is 5.75 Å². The van der Waals surface area contributed by atoms with E-state index in [1.165, 1.54) is 11.1 Å². The maximum Gasteiger partial charge on any atom is 0.223 e. The average molecular weight is 327 g/mol. The van der Waals surface area contributed by atoms with Gasteiger partial charge in [-0.3, -0.25) is 4.79 Å². The summed E-state index contributed by atoms with van der Waals surface area (Å²) in [5, 5.41) is 3.30. The zero-order chi connectivity index (χ0) is 15.2. The minimum Gasteiger partial charge on any atom is -0.494 e. The van der Waals surface area contributed by atoms with Gasteiger partial charge in [0.05, 0.1) is 6.61 Å². The van der Waals surface area contributed by atoms with Gasteiger partial charge < -0.3 is 15.0 Å². The predicted octanol–water partition coefficient (Wildman–Crippen LogP) is 2.70. The number of carbonyl (C=O) groups is 1. The van der Waals surface area contributed by atoms with Gasteiger partial charge in [0, 0.05) is 32.1 Å². The average Bonchev–Trinajstić information content (AvgIpc) is 2.47. The first kappa shape index (κ1) is 18.8. The van der Waals surface area contributed by atoms with E-state index in [1.54, 1.807) is 0 Å². The normalized spacial score (nSPS) is 17.8. The summed E-state index contributed by atoms with van der Waals surface area (Å²) in [6.45, 7) is 9.46. The second kappa shape index (κ2) is 9.01. The highest BCUT2D eigenvalue weighted by Crippen LogP contribution is 2.16. The monoisotopic (exact) mass is 326 g/mol. The van der Waals surface area contributed by atoms with E-state index in [-0.39, 0.29) is 18.3 Å². The number of aryl methyl sites for hydroxylation is 2. The van der Waals surface area contributed by atoms with Crippen LogP contribution in [0.15, 0.2) is 18.2 Å². The maximum absolute atomic E-state index is 12.2. The number of halogens is 1. The van der Waals surface area contributed by atoms with Gasteiger partial charge in [-0.15, -0.1) is 12.4 Å². The molecule has 0 spiro atoms. The number of piperazine rings is 1. The van der Waals surface area contributed by atoms with Crippen LogP contribution in [0, 0.1) is 13.8 Å². The summed E-state index contributed by atoms with van der Waals surface area (Å²) in [6, 6.07) is 6.41. The molecule has 22 heavy (non-hydrogen) atoms. The van der Waals surface area contributed by atoms with E-state index in [9.17, 15) is 4.79 Å². The summed E-state index contributed by atoms with van der Waals surface area (Å²) >= 11 is 0. The fourth-order valence-corrected chi connectivity index (χ4v) is 2.57. The van der Waals surface area contributed by atoms with Crippen LogP contribution in [0.3, 0.4) is 0 Å². The molecule has 0 aliphatic carbocycles. The summed E-state index contributed by atoms with van der Waals surface area (Å²) in [7, 11) is 0. The zero-order valence-electron chi connectivity index (χ0n) is 13.7. The molecule has 2 rings (SSSR count). The molecular weight excluding hydrogens is 300 g/mol. The van der Waals surface area contributed by atoms with Crippen molar-refractivity contribution in [2.75, 3.05) is 26.2 Å². The Labute approximate surface area is 139 Å². The summed E-state index contributed by atoms with van der Waals surface area (Å²) in [4.78, 5) is 14.1. The second-order valence-electron chi connectivity index (χ2n) is 5.84. The molecule has 1 unspecified atom stereocenters. The van der Waals surface area contributed by atoms with Crippen LogP contribution in [-0.2, 0) is 4.79 Å². The molecule has 4 nitrogen and oxygen atoms in total. The molecule has 1 atom stereocenters. The Bertz CT molecular complexity index is 494. The van der Waals surface area contributed by atoms with Gasteiger partial charge in [-0.25, -0.2) is 0 Å². The highest BCUT2D eigenvalue weighted by molar-refractivity contribution is 5.85. The number of ether oxygens (including phenoxy) is 1. The van der Waals surface area contributed by atoms with E-state index in [4.69, 9.17) is 4.74 Å². The molecule has 1 heterocycles. The van der Waals surface area contributed by atoms with Crippen LogP contribution in [0.5, 0.6) is 5.75 Å². The molecule has 0 saturated carbocycles. The van der Waals surface area contributed by atoms with E-state index >= 15 is 0 Å². The minimum absolute atomic E-state index is 0. The summed E-state index contributed by atoms with van der Waals surface area (Å²) in [5.41, 5.74) is 2.50. The van der Waals surface area contributed by atoms with E-state index in [0.717, 1.165) is 31.8 Å². The molecule has 0 aromatic heterocycles. The SMILES string of the molecule is Cc1ccc(OCCCC(=O)N2CCNCC2C)cc1C.Cl. The topological polar surface area (TPSA) is 41.6 Å². The first-order chi connectivity index (χ1) is 10.1. The van der Waals surface area contributed by atoms with Gasteiger partial charge in [-0.05, 0) is 50.5 Å². The number of rotatable bonds is 5. The lowest BCUT2D eigenvalue weighted by Gasteiger charge is -2.34. The number of carbonyl (C=O) groups excluding carboxylic acids is 1.